The predicted molar refractivity (Wildman–Crippen MR) is 106 cm³/mol. The average molecular weight is 395 g/mol. The van der Waals surface area contributed by atoms with Gasteiger partial charge in [0.2, 0.25) is 0 Å². The number of rotatable bonds is 6. The molecule has 1 aliphatic heterocycles. The molecule has 0 radical (unpaired) electrons. The first kappa shape index (κ1) is 19.3. The van der Waals surface area contributed by atoms with E-state index in [9.17, 15) is 9.18 Å². The molecule has 4 rings (SSSR count). The maximum atomic E-state index is 13.5. The second-order valence-corrected chi connectivity index (χ2v) is 7.04. The van der Waals surface area contributed by atoms with E-state index in [1.807, 2.05) is 31.2 Å². The molecule has 1 amide bonds. The van der Waals surface area contributed by atoms with Crippen molar-refractivity contribution in [1.82, 2.24) is 15.1 Å². The molecule has 3 aromatic rings. The fourth-order valence-corrected chi connectivity index (χ4v) is 3.71. The van der Waals surface area contributed by atoms with Gasteiger partial charge in [0, 0.05) is 25.3 Å². The zero-order valence-electron chi connectivity index (χ0n) is 16.5. The molecular weight excluding hydrogens is 373 g/mol. The van der Waals surface area contributed by atoms with Gasteiger partial charge >= 0.3 is 0 Å². The van der Waals surface area contributed by atoms with Crippen molar-refractivity contribution in [2.45, 2.75) is 19.3 Å². The Hall–Kier alpha value is -3.03. The van der Waals surface area contributed by atoms with Crippen molar-refractivity contribution in [2.75, 3.05) is 20.8 Å². The molecule has 0 saturated heterocycles. The molecular formula is C22H22FN3O3. The van der Waals surface area contributed by atoms with Crippen LogP contribution in [0.4, 0.5) is 4.39 Å². The van der Waals surface area contributed by atoms with Gasteiger partial charge in [-0.3, -0.25) is 9.89 Å². The molecule has 1 unspecified atom stereocenters. The second kappa shape index (κ2) is 7.77. The first-order valence-electron chi connectivity index (χ1n) is 9.30. The van der Waals surface area contributed by atoms with Gasteiger partial charge in [-0.15, -0.1) is 0 Å². The molecule has 1 aromatic heterocycles. The van der Waals surface area contributed by atoms with Crippen molar-refractivity contribution in [2.24, 2.45) is 0 Å². The summed E-state index contributed by atoms with van der Waals surface area (Å²) < 4.78 is 24.2. The van der Waals surface area contributed by atoms with Gasteiger partial charge in [0.25, 0.3) is 5.91 Å². The zero-order valence-corrected chi connectivity index (χ0v) is 16.5. The second-order valence-electron chi connectivity index (χ2n) is 7.04. The Kier molecular flexibility index (Phi) is 5.17. The minimum Gasteiger partial charge on any atom is -0.354 e. The Morgan fingerprint density at radius 3 is 2.38 bits per heavy atom. The minimum absolute atomic E-state index is 0.195. The first-order valence-corrected chi connectivity index (χ1v) is 9.30. The van der Waals surface area contributed by atoms with E-state index >= 15 is 0 Å². The quantitative estimate of drug-likeness (QED) is 0.647. The normalized spacial score (nSPS) is 16.0. The van der Waals surface area contributed by atoms with E-state index < -0.39 is 12.3 Å². The summed E-state index contributed by atoms with van der Waals surface area (Å²) in [6, 6.07) is 13.7. The summed E-state index contributed by atoms with van der Waals surface area (Å²) in [6.07, 6.45) is -0.582. The number of hydrogen-bond donors (Lipinski definition) is 1. The number of fused-ring (bicyclic) bond motifs is 1. The highest BCUT2D eigenvalue weighted by molar-refractivity contribution is 6.00. The highest BCUT2D eigenvalue weighted by atomic mass is 19.1. The van der Waals surface area contributed by atoms with Gasteiger partial charge in [-0.25, -0.2) is 4.39 Å². The number of nitrogens with zero attached hydrogens (tertiary/aromatic N) is 2. The number of aromatic nitrogens is 2. The zero-order chi connectivity index (χ0) is 20.5. The molecule has 0 aliphatic carbocycles. The maximum Gasteiger partial charge on any atom is 0.273 e. The van der Waals surface area contributed by atoms with Crippen molar-refractivity contribution in [1.29, 1.82) is 0 Å². The van der Waals surface area contributed by atoms with Gasteiger partial charge in [0.05, 0.1) is 18.3 Å². The van der Waals surface area contributed by atoms with Crippen LogP contribution in [0.1, 0.15) is 33.2 Å². The van der Waals surface area contributed by atoms with E-state index in [1.165, 1.54) is 26.4 Å². The number of H-pyrrole nitrogens is 1. The van der Waals surface area contributed by atoms with Crippen LogP contribution < -0.4 is 0 Å². The highest BCUT2D eigenvalue weighted by Gasteiger charge is 2.43. The molecule has 0 saturated carbocycles. The molecule has 1 atom stereocenters. The molecule has 0 spiro atoms. The Morgan fingerprint density at radius 1 is 1.10 bits per heavy atom. The van der Waals surface area contributed by atoms with E-state index in [0.29, 0.717) is 11.4 Å². The molecule has 150 valence electrons. The molecule has 29 heavy (non-hydrogen) atoms. The van der Waals surface area contributed by atoms with Crippen LogP contribution >= 0.6 is 0 Å². The summed E-state index contributed by atoms with van der Waals surface area (Å²) in [7, 11) is 3.06. The number of aryl methyl sites for hydroxylation is 1. The highest BCUT2D eigenvalue weighted by Crippen LogP contribution is 2.42. The summed E-state index contributed by atoms with van der Waals surface area (Å²) in [5, 5.41) is 7.33. The smallest absolute Gasteiger partial charge is 0.273 e. The molecule has 6 nitrogen and oxygen atoms in total. The molecule has 7 heteroatoms. The summed E-state index contributed by atoms with van der Waals surface area (Å²) in [5.74, 6) is -0.526. The van der Waals surface area contributed by atoms with Crippen LogP contribution in [0.3, 0.4) is 0 Å². The number of ether oxygens (including phenoxy) is 2. The minimum atomic E-state index is -0.582. The van der Waals surface area contributed by atoms with Crippen molar-refractivity contribution in [3.8, 4) is 11.3 Å². The Balaban J connectivity index is 1.84. The third-order valence-electron chi connectivity index (χ3n) is 5.25. The van der Waals surface area contributed by atoms with Crippen LogP contribution in [0, 0.1) is 12.7 Å². The summed E-state index contributed by atoms with van der Waals surface area (Å²) in [4.78, 5) is 14.9. The third kappa shape index (κ3) is 3.43. The molecule has 2 aromatic carbocycles. The van der Waals surface area contributed by atoms with Crippen LogP contribution in [0.5, 0.6) is 0 Å². The number of aromatic amines is 1. The van der Waals surface area contributed by atoms with Crippen molar-refractivity contribution in [3.63, 3.8) is 0 Å². The standard InChI is InChI=1S/C22H22FN3O3/c1-13-4-6-14(7-5-13)19-18-20(25-24-19)22(27)26(12-17(28-2)29-3)21(18)15-8-10-16(23)11-9-15/h4-11,17,21H,12H2,1-3H3,(H,24,25). The Labute approximate surface area is 168 Å². The van der Waals surface area contributed by atoms with Crippen molar-refractivity contribution >= 4 is 5.91 Å². The molecule has 2 heterocycles. The SMILES string of the molecule is COC(CN1C(=O)c2[nH]nc(-c3ccc(C)cc3)c2C1c1ccc(F)cc1)OC. The predicted octanol–water partition coefficient (Wildman–Crippen LogP) is 3.69. The largest absolute Gasteiger partial charge is 0.354 e. The Bertz CT molecular complexity index is 1010. The number of benzene rings is 2. The van der Waals surface area contributed by atoms with Gasteiger partial charge in [-0.05, 0) is 24.6 Å². The molecule has 1 N–H and O–H groups in total. The van der Waals surface area contributed by atoms with E-state index in [2.05, 4.69) is 10.2 Å². The number of nitrogens with one attached hydrogen (secondary N) is 1. The summed E-state index contributed by atoms with van der Waals surface area (Å²) in [6.45, 7) is 2.24. The maximum absolute atomic E-state index is 13.5. The fraction of sp³-hybridized carbons (Fsp3) is 0.273. The molecule has 0 fully saturated rings. The molecule has 0 bridgehead atoms. The van der Waals surface area contributed by atoms with E-state index in [0.717, 1.165) is 22.3 Å². The van der Waals surface area contributed by atoms with E-state index in [1.54, 1.807) is 17.0 Å². The lowest BCUT2D eigenvalue weighted by Crippen LogP contribution is -2.38. The first-order chi connectivity index (χ1) is 14.0. The lowest BCUT2D eigenvalue weighted by Gasteiger charge is -2.29. The number of halogens is 1. The summed E-state index contributed by atoms with van der Waals surface area (Å²) in [5.41, 5.74) is 4.75. The van der Waals surface area contributed by atoms with E-state index in [4.69, 9.17) is 9.47 Å². The summed E-state index contributed by atoms with van der Waals surface area (Å²) >= 11 is 0. The van der Waals surface area contributed by atoms with Gasteiger partial charge in [-0.2, -0.15) is 5.10 Å². The topological polar surface area (TPSA) is 67.5 Å². The average Bonchev–Trinajstić information content (AvgIpc) is 3.27. The van der Waals surface area contributed by atoms with Crippen molar-refractivity contribution < 1.29 is 18.7 Å². The lowest BCUT2D eigenvalue weighted by molar-refractivity contribution is -0.113. The van der Waals surface area contributed by atoms with Gasteiger partial charge in [-0.1, -0.05) is 42.0 Å². The monoisotopic (exact) mass is 395 g/mol. The number of amides is 1. The van der Waals surface area contributed by atoms with Gasteiger partial charge in [0.1, 0.15) is 11.5 Å². The number of carbonyl (C=O) groups is 1. The number of methoxy groups -OCH3 is 2. The van der Waals surface area contributed by atoms with Crippen LogP contribution in [0.15, 0.2) is 48.5 Å². The molecule has 1 aliphatic rings. The fourth-order valence-electron chi connectivity index (χ4n) is 3.71. The van der Waals surface area contributed by atoms with Crippen LogP contribution in [0.25, 0.3) is 11.3 Å². The van der Waals surface area contributed by atoms with Gasteiger partial charge < -0.3 is 14.4 Å². The van der Waals surface area contributed by atoms with Crippen LogP contribution in [-0.2, 0) is 9.47 Å². The van der Waals surface area contributed by atoms with Crippen LogP contribution in [-0.4, -0.2) is 48.1 Å². The van der Waals surface area contributed by atoms with Gasteiger partial charge in [0.15, 0.2) is 6.29 Å². The Morgan fingerprint density at radius 2 is 1.76 bits per heavy atom. The van der Waals surface area contributed by atoms with Crippen molar-refractivity contribution in [3.05, 3.63) is 76.7 Å². The number of hydrogen-bond acceptors (Lipinski definition) is 4. The lowest BCUT2D eigenvalue weighted by atomic mass is 9.96. The third-order valence-corrected chi connectivity index (χ3v) is 5.25. The van der Waals surface area contributed by atoms with E-state index in [-0.39, 0.29) is 18.3 Å². The number of carbonyl (C=O) groups excluding carboxylic acids is 1. The van der Waals surface area contributed by atoms with Crippen LogP contribution in [0.2, 0.25) is 0 Å².